The van der Waals surface area contributed by atoms with Crippen molar-refractivity contribution in [2.75, 3.05) is 13.2 Å². The van der Waals surface area contributed by atoms with Crippen molar-refractivity contribution >= 4 is 11.8 Å². The molecule has 0 aliphatic rings. The monoisotopic (exact) mass is 268 g/mol. The third kappa shape index (κ3) is 4.46. The number of hydrogen-bond acceptors (Lipinski definition) is 5. The second kappa shape index (κ2) is 6.58. The molecule has 0 saturated heterocycles. The molecule has 0 fully saturated rings. The number of hydrogen-bond donors (Lipinski definition) is 1. The summed E-state index contributed by atoms with van der Waals surface area (Å²) >= 11 is 0. The maximum Gasteiger partial charge on any atom is 0.404 e. The van der Waals surface area contributed by atoms with Gasteiger partial charge in [-0.25, -0.2) is 4.79 Å². The van der Waals surface area contributed by atoms with Gasteiger partial charge in [-0.2, -0.15) is 0 Å². The van der Waals surface area contributed by atoms with Gasteiger partial charge in [0.1, 0.15) is 5.75 Å². The Morgan fingerprint density at radius 1 is 1.32 bits per heavy atom. The van der Waals surface area contributed by atoms with Crippen LogP contribution in [-0.4, -0.2) is 24.2 Å². The lowest BCUT2D eigenvalue weighted by molar-refractivity contribution is -0.385. The van der Waals surface area contributed by atoms with E-state index < -0.39 is 11.0 Å². The molecule has 0 aliphatic carbocycles. The van der Waals surface area contributed by atoms with Gasteiger partial charge in [0.05, 0.1) is 24.2 Å². The van der Waals surface area contributed by atoms with Crippen LogP contribution in [0.5, 0.6) is 5.75 Å². The lowest BCUT2D eigenvalue weighted by atomic mass is 10.1. The van der Waals surface area contributed by atoms with Crippen molar-refractivity contribution in [3.05, 3.63) is 33.4 Å². The summed E-state index contributed by atoms with van der Waals surface area (Å²) in [5.41, 5.74) is 6.23. The Bertz CT molecular complexity index is 487. The fourth-order valence-corrected chi connectivity index (χ4v) is 1.59. The number of nitrogens with zero attached hydrogens (tertiary/aromatic N) is 1. The van der Waals surface area contributed by atoms with Crippen LogP contribution in [0.3, 0.4) is 0 Å². The zero-order chi connectivity index (χ0) is 14.4. The van der Waals surface area contributed by atoms with Crippen LogP contribution in [0, 0.1) is 24.0 Å². The molecule has 0 unspecified atom stereocenters. The summed E-state index contributed by atoms with van der Waals surface area (Å²) in [6, 6.07) is 3.10. The molecular formula is C12H16N2O5. The number of carbonyl (C=O) groups excluding carboxylic acids is 1. The van der Waals surface area contributed by atoms with Crippen molar-refractivity contribution in [2.24, 2.45) is 5.73 Å². The van der Waals surface area contributed by atoms with E-state index in [1.165, 1.54) is 6.07 Å². The number of primary amides is 1. The molecule has 1 rings (SSSR count). The van der Waals surface area contributed by atoms with E-state index >= 15 is 0 Å². The normalized spacial score (nSPS) is 10.0. The first-order valence-electron chi connectivity index (χ1n) is 5.72. The summed E-state index contributed by atoms with van der Waals surface area (Å²) in [6.45, 7) is 3.93. The Morgan fingerprint density at radius 3 is 2.58 bits per heavy atom. The van der Waals surface area contributed by atoms with Crippen molar-refractivity contribution in [1.82, 2.24) is 0 Å². The van der Waals surface area contributed by atoms with Gasteiger partial charge in [-0.3, -0.25) is 10.1 Å². The maximum atomic E-state index is 10.8. The third-order valence-electron chi connectivity index (χ3n) is 2.48. The maximum absolute atomic E-state index is 10.8. The van der Waals surface area contributed by atoms with Crippen molar-refractivity contribution in [2.45, 2.75) is 20.3 Å². The van der Waals surface area contributed by atoms with Crippen LogP contribution in [0.4, 0.5) is 10.5 Å². The van der Waals surface area contributed by atoms with Crippen LogP contribution in [-0.2, 0) is 4.74 Å². The number of amides is 1. The standard InChI is InChI=1S/C12H16N2O5/c1-8-6-9(2)11(7-10(8)14(16)17)18-4-3-5-19-12(13)15/h6-7H,3-5H2,1-2H3,(H2,13,15). The smallest absolute Gasteiger partial charge is 0.404 e. The fraction of sp³-hybridized carbons (Fsp3) is 0.417. The summed E-state index contributed by atoms with van der Waals surface area (Å²) in [7, 11) is 0. The Balaban J connectivity index is 2.60. The summed E-state index contributed by atoms with van der Waals surface area (Å²) in [5, 5.41) is 10.8. The van der Waals surface area contributed by atoms with E-state index in [1.807, 2.05) is 6.92 Å². The van der Waals surface area contributed by atoms with Crippen LogP contribution < -0.4 is 10.5 Å². The predicted molar refractivity (Wildman–Crippen MR) is 68.2 cm³/mol. The first-order valence-corrected chi connectivity index (χ1v) is 5.72. The van der Waals surface area contributed by atoms with Crippen molar-refractivity contribution < 1.29 is 19.2 Å². The van der Waals surface area contributed by atoms with Gasteiger partial charge < -0.3 is 15.2 Å². The molecule has 1 aromatic rings. The van der Waals surface area contributed by atoms with Crippen LogP contribution in [0.2, 0.25) is 0 Å². The Morgan fingerprint density at radius 2 is 2.00 bits per heavy atom. The van der Waals surface area contributed by atoms with E-state index in [2.05, 4.69) is 4.74 Å². The second-order valence-corrected chi connectivity index (χ2v) is 4.03. The lowest BCUT2D eigenvalue weighted by Crippen LogP contribution is -2.15. The van der Waals surface area contributed by atoms with Gasteiger partial charge in [0.15, 0.2) is 0 Å². The number of nitro groups is 1. The Hall–Kier alpha value is -2.31. The number of aryl methyl sites for hydroxylation is 2. The molecule has 19 heavy (non-hydrogen) atoms. The van der Waals surface area contributed by atoms with Gasteiger partial charge in [0, 0.05) is 12.0 Å². The average molecular weight is 268 g/mol. The molecule has 104 valence electrons. The molecule has 7 nitrogen and oxygen atoms in total. The van der Waals surface area contributed by atoms with Crippen LogP contribution in [0.1, 0.15) is 17.5 Å². The third-order valence-corrected chi connectivity index (χ3v) is 2.48. The Kier molecular flexibility index (Phi) is 5.11. The summed E-state index contributed by atoms with van der Waals surface area (Å²) in [5.74, 6) is 0.455. The first kappa shape index (κ1) is 14.7. The van der Waals surface area contributed by atoms with Crippen molar-refractivity contribution in [3.63, 3.8) is 0 Å². The minimum Gasteiger partial charge on any atom is -0.493 e. The van der Waals surface area contributed by atoms with Crippen LogP contribution >= 0.6 is 0 Å². The minimum absolute atomic E-state index is 0.0222. The SMILES string of the molecule is Cc1cc(C)c([N+](=O)[O-])cc1OCCCOC(N)=O. The van der Waals surface area contributed by atoms with Gasteiger partial charge in [-0.05, 0) is 25.5 Å². The summed E-state index contributed by atoms with van der Waals surface area (Å²) in [6.07, 6.45) is -0.369. The molecule has 0 spiro atoms. The highest BCUT2D eigenvalue weighted by molar-refractivity contribution is 5.64. The van der Waals surface area contributed by atoms with Crippen LogP contribution in [0.15, 0.2) is 12.1 Å². The highest BCUT2D eigenvalue weighted by Crippen LogP contribution is 2.28. The molecule has 0 aliphatic heterocycles. The van der Waals surface area contributed by atoms with Gasteiger partial charge >= 0.3 is 6.09 Å². The van der Waals surface area contributed by atoms with E-state index in [9.17, 15) is 14.9 Å². The lowest BCUT2D eigenvalue weighted by Gasteiger charge is -2.10. The molecule has 0 aromatic heterocycles. The van der Waals surface area contributed by atoms with Gasteiger partial charge in [0.25, 0.3) is 5.69 Å². The van der Waals surface area contributed by atoms with Gasteiger partial charge in [0.2, 0.25) is 0 Å². The molecular weight excluding hydrogens is 252 g/mol. The largest absolute Gasteiger partial charge is 0.493 e. The van der Waals surface area contributed by atoms with Crippen molar-refractivity contribution in [1.29, 1.82) is 0 Å². The Labute approximate surface area is 110 Å². The second-order valence-electron chi connectivity index (χ2n) is 4.03. The summed E-state index contributed by atoms with van der Waals surface area (Å²) in [4.78, 5) is 20.7. The van der Waals surface area contributed by atoms with E-state index in [1.54, 1.807) is 13.0 Å². The number of benzene rings is 1. The average Bonchev–Trinajstić information content (AvgIpc) is 2.30. The predicted octanol–water partition coefficient (Wildman–Crippen LogP) is 2.08. The highest BCUT2D eigenvalue weighted by Gasteiger charge is 2.14. The van der Waals surface area contributed by atoms with Gasteiger partial charge in [-0.15, -0.1) is 0 Å². The highest BCUT2D eigenvalue weighted by atomic mass is 16.6. The molecule has 0 saturated carbocycles. The molecule has 0 atom stereocenters. The minimum atomic E-state index is -0.831. The van der Waals surface area contributed by atoms with E-state index in [4.69, 9.17) is 10.5 Å². The molecule has 7 heteroatoms. The topological polar surface area (TPSA) is 105 Å². The molecule has 0 bridgehead atoms. The van der Waals surface area contributed by atoms with E-state index in [0.29, 0.717) is 17.7 Å². The quantitative estimate of drug-likeness (QED) is 0.483. The zero-order valence-electron chi connectivity index (χ0n) is 10.8. The molecule has 2 N–H and O–H groups in total. The molecule has 0 radical (unpaired) electrons. The van der Waals surface area contributed by atoms with Gasteiger partial charge in [-0.1, -0.05) is 0 Å². The summed E-state index contributed by atoms with van der Waals surface area (Å²) < 4.78 is 9.97. The van der Waals surface area contributed by atoms with E-state index in [-0.39, 0.29) is 18.9 Å². The number of nitrogens with two attached hydrogens (primary N) is 1. The number of nitro benzene ring substituents is 1. The fourth-order valence-electron chi connectivity index (χ4n) is 1.59. The van der Waals surface area contributed by atoms with Crippen LogP contribution in [0.25, 0.3) is 0 Å². The number of rotatable bonds is 6. The number of carbonyl (C=O) groups is 1. The molecule has 1 amide bonds. The zero-order valence-corrected chi connectivity index (χ0v) is 10.8. The molecule has 1 aromatic carbocycles. The van der Waals surface area contributed by atoms with Crippen molar-refractivity contribution in [3.8, 4) is 5.75 Å². The van der Waals surface area contributed by atoms with E-state index in [0.717, 1.165) is 5.56 Å². The number of ether oxygens (including phenoxy) is 2. The first-order chi connectivity index (χ1) is 8.91. The molecule has 0 heterocycles.